The molecule has 1 aliphatic heterocycles. The van der Waals surface area contributed by atoms with Gasteiger partial charge in [0.2, 0.25) is 0 Å². The molecule has 0 spiro atoms. The van der Waals surface area contributed by atoms with E-state index in [-0.39, 0.29) is 36.8 Å². The van der Waals surface area contributed by atoms with Crippen LogP contribution < -0.4 is 13.8 Å². The Morgan fingerprint density at radius 1 is 1.29 bits per heavy atom. The highest BCUT2D eigenvalue weighted by Crippen LogP contribution is 2.40. The van der Waals surface area contributed by atoms with Crippen LogP contribution in [0.1, 0.15) is 37.8 Å². The molecule has 1 unspecified atom stereocenters. The lowest BCUT2D eigenvalue weighted by molar-refractivity contribution is -0.137. The average molecular weight is 518 g/mol. The quantitative estimate of drug-likeness (QED) is 0.425. The van der Waals surface area contributed by atoms with Crippen LogP contribution in [-0.2, 0) is 21.4 Å². The van der Waals surface area contributed by atoms with Gasteiger partial charge in [-0.3, -0.25) is 13.8 Å². The zero-order valence-corrected chi connectivity index (χ0v) is 21.1. The Morgan fingerprint density at radius 2 is 2.09 bits per heavy atom. The number of rotatable bonds is 10. The van der Waals surface area contributed by atoms with Gasteiger partial charge in [0.25, 0.3) is 15.9 Å². The lowest BCUT2D eigenvalue weighted by Crippen LogP contribution is -2.43. The smallest absolute Gasteiger partial charge is 0.303 e. The first-order valence-corrected chi connectivity index (χ1v) is 13.7. The number of ether oxygens (including phenoxy) is 2. The van der Waals surface area contributed by atoms with E-state index in [2.05, 4.69) is 5.10 Å². The highest BCUT2D eigenvalue weighted by Gasteiger charge is 2.37. The molecule has 3 aromatic rings. The molecule has 1 atom stereocenters. The molecule has 11 heteroatoms. The minimum atomic E-state index is -4.09. The summed E-state index contributed by atoms with van der Waals surface area (Å²) in [5.74, 6) is -0.549. The second kappa shape index (κ2) is 10.5. The molecular formula is C24H27N3O6S2. The number of benzene rings is 1. The van der Waals surface area contributed by atoms with Gasteiger partial charge in [-0.1, -0.05) is 18.2 Å². The van der Waals surface area contributed by atoms with E-state index in [1.807, 2.05) is 42.0 Å². The van der Waals surface area contributed by atoms with Crippen LogP contribution in [0.25, 0.3) is 12.2 Å². The summed E-state index contributed by atoms with van der Waals surface area (Å²) >= 11 is 1.59. The molecule has 1 aliphatic rings. The van der Waals surface area contributed by atoms with Crippen LogP contribution in [0.15, 0.2) is 46.1 Å². The van der Waals surface area contributed by atoms with Crippen LogP contribution in [0.2, 0.25) is 0 Å². The van der Waals surface area contributed by atoms with Gasteiger partial charge in [0.05, 0.1) is 18.8 Å². The fourth-order valence-corrected chi connectivity index (χ4v) is 5.94. The number of carboxylic acids is 1. The van der Waals surface area contributed by atoms with Gasteiger partial charge in [0.15, 0.2) is 4.90 Å². The average Bonchev–Trinajstić information content (AvgIpc) is 3.51. The highest BCUT2D eigenvalue weighted by atomic mass is 32.2. The van der Waals surface area contributed by atoms with Crippen molar-refractivity contribution >= 4 is 45.2 Å². The topological polar surface area (TPSA) is 111 Å². The van der Waals surface area contributed by atoms with E-state index in [0.29, 0.717) is 18.0 Å². The Balaban J connectivity index is 1.76. The molecule has 4 rings (SSSR count). The Morgan fingerprint density at radius 3 is 2.77 bits per heavy atom. The van der Waals surface area contributed by atoms with Crippen LogP contribution in [0, 0.1) is 0 Å². The molecule has 0 bridgehead atoms. The molecule has 0 saturated heterocycles. The molecule has 0 radical (unpaired) electrons. The van der Waals surface area contributed by atoms with E-state index in [4.69, 9.17) is 14.6 Å². The van der Waals surface area contributed by atoms with E-state index in [9.17, 15) is 13.2 Å². The van der Waals surface area contributed by atoms with Crippen molar-refractivity contribution in [2.24, 2.45) is 0 Å². The fraction of sp³-hybridized carbons (Fsp3) is 0.333. The molecule has 3 heterocycles. The number of sulfonamides is 1. The first kappa shape index (κ1) is 24.8. The van der Waals surface area contributed by atoms with Gasteiger partial charge in [-0.25, -0.2) is 8.42 Å². The van der Waals surface area contributed by atoms with Crippen molar-refractivity contribution in [3.05, 3.63) is 52.3 Å². The Kier molecular flexibility index (Phi) is 7.46. The minimum absolute atomic E-state index is 0.0246. The number of aryl methyl sites for hydroxylation is 1. The number of thiophene rings is 1. The molecular weight excluding hydrogens is 490 g/mol. The third kappa shape index (κ3) is 5.51. The summed E-state index contributed by atoms with van der Waals surface area (Å²) < 4.78 is 42.2. The van der Waals surface area contributed by atoms with Gasteiger partial charge >= 0.3 is 5.97 Å². The molecule has 186 valence electrons. The standard InChI is InChI=1S/C24H27N3O6S2/c1-3-26-15-22(24(25-26)32-4-2)35(30,31)27-14-19(8-10-23(28)29)33-21-9-7-17(13-20(21)27)5-6-18-11-12-34-16-18/h5-7,9,11-13,15-16,19H,3-4,8,10,14H2,1-2H3,(H,28,29). The summed E-state index contributed by atoms with van der Waals surface area (Å²) in [4.78, 5) is 11.1. The van der Waals surface area contributed by atoms with Crippen molar-refractivity contribution in [3.8, 4) is 11.6 Å². The number of nitrogens with zero attached hydrogens (tertiary/aromatic N) is 3. The highest BCUT2D eigenvalue weighted by molar-refractivity contribution is 7.93. The molecule has 9 nitrogen and oxygen atoms in total. The molecule has 1 N–H and O–H groups in total. The normalized spacial score (nSPS) is 15.7. The minimum Gasteiger partial charge on any atom is -0.486 e. The largest absolute Gasteiger partial charge is 0.486 e. The SMILES string of the molecule is CCOc1nn(CC)cc1S(=O)(=O)N1CC(CCC(=O)O)Oc2ccc(C=Cc3ccsc3)cc21. The third-order valence-electron chi connectivity index (χ3n) is 5.48. The zero-order valence-electron chi connectivity index (χ0n) is 19.5. The number of hydrogen-bond acceptors (Lipinski definition) is 7. The van der Waals surface area contributed by atoms with Crippen LogP contribution in [-0.4, -0.2) is 48.5 Å². The Hall–Kier alpha value is -3.31. The molecule has 35 heavy (non-hydrogen) atoms. The maximum atomic E-state index is 13.9. The summed E-state index contributed by atoms with van der Waals surface area (Å²) in [7, 11) is -4.09. The number of aromatic nitrogens is 2. The van der Waals surface area contributed by atoms with E-state index in [1.165, 1.54) is 15.2 Å². The summed E-state index contributed by atoms with van der Waals surface area (Å²) in [6.45, 7) is 4.34. The summed E-state index contributed by atoms with van der Waals surface area (Å²) in [6.07, 6.45) is 4.75. The molecule has 2 aromatic heterocycles. The second-order valence-electron chi connectivity index (χ2n) is 7.91. The lowest BCUT2D eigenvalue weighted by Gasteiger charge is -2.35. The number of anilines is 1. The molecule has 0 fully saturated rings. The fourth-order valence-electron chi connectivity index (χ4n) is 3.74. The van der Waals surface area contributed by atoms with Crippen molar-refractivity contribution in [2.45, 2.75) is 44.2 Å². The summed E-state index contributed by atoms with van der Waals surface area (Å²) in [6, 6.07) is 7.31. The van der Waals surface area contributed by atoms with Gasteiger partial charge in [-0.2, -0.15) is 11.3 Å². The second-order valence-corrected chi connectivity index (χ2v) is 10.5. The lowest BCUT2D eigenvalue weighted by atomic mass is 10.1. The number of carbonyl (C=O) groups is 1. The maximum absolute atomic E-state index is 13.9. The number of fused-ring (bicyclic) bond motifs is 1. The van der Waals surface area contributed by atoms with Crippen LogP contribution in [0.3, 0.4) is 0 Å². The molecule has 0 amide bonds. The van der Waals surface area contributed by atoms with Crippen LogP contribution in [0.5, 0.6) is 11.6 Å². The molecule has 1 aromatic carbocycles. The number of aliphatic carboxylic acids is 1. The van der Waals surface area contributed by atoms with Gasteiger partial charge in [-0.15, -0.1) is 5.10 Å². The van der Waals surface area contributed by atoms with Gasteiger partial charge in [0.1, 0.15) is 11.9 Å². The zero-order chi connectivity index (χ0) is 25.0. The van der Waals surface area contributed by atoms with Crippen molar-refractivity contribution in [3.63, 3.8) is 0 Å². The van der Waals surface area contributed by atoms with E-state index in [0.717, 1.165) is 11.1 Å². The van der Waals surface area contributed by atoms with Crippen LogP contribution in [0.4, 0.5) is 5.69 Å². The number of hydrogen-bond donors (Lipinski definition) is 1. The third-order valence-corrected chi connectivity index (χ3v) is 7.94. The Bertz CT molecular complexity index is 1310. The van der Waals surface area contributed by atoms with Crippen molar-refractivity contribution < 1.29 is 27.8 Å². The van der Waals surface area contributed by atoms with Crippen molar-refractivity contribution in [1.29, 1.82) is 0 Å². The monoisotopic (exact) mass is 517 g/mol. The predicted molar refractivity (Wildman–Crippen MR) is 135 cm³/mol. The maximum Gasteiger partial charge on any atom is 0.303 e. The molecule has 0 aliphatic carbocycles. The van der Waals surface area contributed by atoms with Gasteiger partial charge in [-0.05, 0) is 60.4 Å². The first-order valence-electron chi connectivity index (χ1n) is 11.3. The summed E-state index contributed by atoms with van der Waals surface area (Å²) in [5.41, 5.74) is 2.24. The van der Waals surface area contributed by atoms with Crippen LogP contribution >= 0.6 is 11.3 Å². The van der Waals surface area contributed by atoms with Crippen molar-refractivity contribution in [1.82, 2.24) is 9.78 Å². The Labute approximate surface area is 208 Å². The first-order chi connectivity index (χ1) is 16.8. The predicted octanol–water partition coefficient (Wildman–Crippen LogP) is 4.35. The van der Waals surface area contributed by atoms with Crippen molar-refractivity contribution in [2.75, 3.05) is 17.5 Å². The van der Waals surface area contributed by atoms with E-state index >= 15 is 0 Å². The molecule has 0 saturated carbocycles. The van der Waals surface area contributed by atoms with Gasteiger partial charge in [0, 0.05) is 19.2 Å². The van der Waals surface area contributed by atoms with E-state index in [1.54, 1.807) is 30.4 Å². The van der Waals surface area contributed by atoms with E-state index < -0.39 is 22.1 Å². The number of carboxylic acid groups (broad SMARTS) is 1. The van der Waals surface area contributed by atoms with Gasteiger partial charge < -0.3 is 14.6 Å². The summed E-state index contributed by atoms with van der Waals surface area (Å²) in [5, 5.41) is 17.4.